The number of carbonyl (C=O) groups excluding carboxylic acids is 1. The summed E-state index contributed by atoms with van der Waals surface area (Å²) >= 11 is 3.16. The summed E-state index contributed by atoms with van der Waals surface area (Å²) in [5.74, 6) is -0.254. The van der Waals surface area contributed by atoms with Crippen molar-refractivity contribution in [1.29, 1.82) is 0 Å². The van der Waals surface area contributed by atoms with Gasteiger partial charge in [0.25, 0.3) is 10.0 Å². The standard InChI is InChI=1S/C12H11BrN4O3S/c1-8(18)16-10-2-4-11(5-3-10)21(19,20)17-12-14-6-9(13)7-15-12/h2-7H,1H3,(H,16,18)(H,14,15,17). The minimum absolute atomic E-state index is 0.0239. The molecule has 1 aromatic heterocycles. The summed E-state index contributed by atoms with van der Waals surface area (Å²) in [6.07, 6.45) is 2.87. The van der Waals surface area contributed by atoms with Crippen molar-refractivity contribution >= 4 is 43.5 Å². The summed E-state index contributed by atoms with van der Waals surface area (Å²) in [4.78, 5) is 18.6. The fourth-order valence-electron chi connectivity index (χ4n) is 1.46. The molecular weight excluding hydrogens is 360 g/mol. The summed E-state index contributed by atoms with van der Waals surface area (Å²) in [5, 5.41) is 2.56. The fourth-order valence-corrected chi connectivity index (χ4v) is 2.63. The molecule has 2 rings (SSSR count). The monoisotopic (exact) mass is 370 g/mol. The molecule has 0 aliphatic rings. The lowest BCUT2D eigenvalue weighted by molar-refractivity contribution is -0.114. The topological polar surface area (TPSA) is 101 Å². The van der Waals surface area contributed by atoms with Crippen LogP contribution in [0.2, 0.25) is 0 Å². The van der Waals surface area contributed by atoms with E-state index in [9.17, 15) is 13.2 Å². The van der Waals surface area contributed by atoms with Gasteiger partial charge in [0.05, 0.1) is 9.37 Å². The molecule has 0 aliphatic carbocycles. The highest BCUT2D eigenvalue weighted by atomic mass is 79.9. The molecule has 0 bridgehead atoms. The Morgan fingerprint density at radius 1 is 1.14 bits per heavy atom. The van der Waals surface area contributed by atoms with Crippen molar-refractivity contribution < 1.29 is 13.2 Å². The first-order valence-electron chi connectivity index (χ1n) is 5.75. The van der Waals surface area contributed by atoms with Gasteiger partial charge >= 0.3 is 0 Å². The molecule has 0 saturated carbocycles. The number of sulfonamides is 1. The lowest BCUT2D eigenvalue weighted by Crippen LogP contribution is -2.15. The Morgan fingerprint density at radius 3 is 2.24 bits per heavy atom. The number of carbonyl (C=O) groups is 1. The van der Waals surface area contributed by atoms with Crippen molar-refractivity contribution in [3.8, 4) is 0 Å². The molecular formula is C12H11BrN4O3S. The molecule has 0 unspecified atom stereocenters. The van der Waals surface area contributed by atoms with Gasteiger partial charge in [-0.2, -0.15) is 0 Å². The van der Waals surface area contributed by atoms with Gasteiger partial charge in [-0.1, -0.05) is 0 Å². The molecule has 2 N–H and O–H groups in total. The van der Waals surface area contributed by atoms with Crippen LogP contribution in [0.3, 0.4) is 0 Å². The van der Waals surface area contributed by atoms with Crippen molar-refractivity contribution in [2.75, 3.05) is 10.0 Å². The second-order valence-corrected chi connectivity index (χ2v) is 6.63. The van der Waals surface area contributed by atoms with E-state index >= 15 is 0 Å². The zero-order valence-corrected chi connectivity index (χ0v) is 13.3. The van der Waals surface area contributed by atoms with Crippen LogP contribution in [0, 0.1) is 0 Å². The third-order valence-electron chi connectivity index (χ3n) is 2.33. The molecule has 0 aliphatic heterocycles. The molecule has 1 amide bonds. The second kappa shape index (κ2) is 6.19. The minimum Gasteiger partial charge on any atom is -0.326 e. The Labute approximate surface area is 130 Å². The Morgan fingerprint density at radius 2 is 1.71 bits per heavy atom. The normalized spacial score (nSPS) is 11.0. The van der Waals surface area contributed by atoms with E-state index in [1.807, 2.05) is 0 Å². The van der Waals surface area contributed by atoms with Gasteiger partial charge in [-0.05, 0) is 40.2 Å². The number of aromatic nitrogens is 2. The van der Waals surface area contributed by atoms with E-state index in [-0.39, 0.29) is 16.8 Å². The van der Waals surface area contributed by atoms with Crippen LogP contribution >= 0.6 is 15.9 Å². The maximum atomic E-state index is 12.1. The smallest absolute Gasteiger partial charge is 0.264 e. The third kappa shape index (κ3) is 4.23. The van der Waals surface area contributed by atoms with Gasteiger partial charge in [-0.15, -0.1) is 0 Å². The number of anilines is 2. The van der Waals surface area contributed by atoms with E-state index in [2.05, 4.69) is 35.9 Å². The van der Waals surface area contributed by atoms with Gasteiger partial charge in [-0.25, -0.2) is 23.1 Å². The van der Waals surface area contributed by atoms with E-state index in [1.165, 1.54) is 43.6 Å². The number of nitrogens with one attached hydrogen (secondary N) is 2. The molecule has 7 nitrogen and oxygen atoms in total. The predicted molar refractivity (Wildman–Crippen MR) is 81.3 cm³/mol. The highest BCUT2D eigenvalue weighted by Gasteiger charge is 2.15. The molecule has 0 atom stereocenters. The van der Waals surface area contributed by atoms with Crippen molar-refractivity contribution in [3.05, 3.63) is 41.1 Å². The lowest BCUT2D eigenvalue weighted by Gasteiger charge is -2.07. The number of benzene rings is 1. The SMILES string of the molecule is CC(=O)Nc1ccc(S(=O)(=O)Nc2ncc(Br)cn2)cc1. The molecule has 1 aromatic carbocycles. The van der Waals surface area contributed by atoms with Crippen LogP contribution in [0.1, 0.15) is 6.92 Å². The summed E-state index contributed by atoms with van der Waals surface area (Å²) in [6, 6.07) is 5.76. The Kier molecular flexibility index (Phi) is 4.53. The Hall–Kier alpha value is -2.00. The number of halogens is 1. The van der Waals surface area contributed by atoms with Crippen LogP contribution in [0.4, 0.5) is 11.6 Å². The van der Waals surface area contributed by atoms with Crippen molar-refractivity contribution in [3.63, 3.8) is 0 Å². The van der Waals surface area contributed by atoms with Gasteiger partial charge < -0.3 is 5.32 Å². The van der Waals surface area contributed by atoms with Crippen LogP contribution < -0.4 is 10.0 Å². The molecule has 1 heterocycles. The largest absolute Gasteiger partial charge is 0.326 e. The van der Waals surface area contributed by atoms with Crippen LogP contribution in [0.15, 0.2) is 46.0 Å². The van der Waals surface area contributed by atoms with Crippen LogP contribution in [0.25, 0.3) is 0 Å². The number of hydrogen-bond acceptors (Lipinski definition) is 5. The summed E-state index contributed by atoms with van der Waals surface area (Å²) < 4.78 is 27.2. The molecule has 2 aromatic rings. The van der Waals surface area contributed by atoms with E-state index in [1.54, 1.807) is 0 Å². The first-order valence-corrected chi connectivity index (χ1v) is 8.02. The number of rotatable bonds is 4. The molecule has 21 heavy (non-hydrogen) atoms. The highest BCUT2D eigenvalue weighted by molar-refractivity contribution is 9.10. The van der Waals surface area contributed by atoms with Crippen molar-refractivity contribution in [1.82, 2.24) is 9.97 Å². The molecule has 0 fully saturated rings. The van der Waals surface area contributed by atoms with Gasteiger partial charge in [0.2, 0.25) is 11.9 Å². The summed E-state index contributed by atoms with van der Waals surface area (Å²) in [6.45, 7) is 1.37. The van der Waals surface area contributed by atoms with Crippen LogP contribution in [-0.4, -0.2) is 24.3 Å². The Bertz CT molecular complexity index is 745. The predicted octanol–water partition coefficient (Wildman–Crippen LogP) is 2.00. The zero-order chi connectivity index (χ0) is 15.5. The molecule has 0 spiro atoms. The molecule has 0 saturated heterocycles. The summed E-state index contributed by atoms with van der Waals surface area (Å²) in [5.41, 5.74) is 0.515. The van der Waals surface area contributed by atoms with E-state index in [0.29, 0.717) is 10.2 Å². The molecule has 9 heteroatoms. The van der Waals surface area contributed by atoms with Crippen molar-refractivity contribution in [2.45, 2.75) is 11.8 Å². The maximum absolute atomic E-state index is 12.1. The quantitative estimate of drug-likeness (QED) is 0.856. The first kappa shape index (κ1) is 15.4. The van der Waals surface area contributed by atoms with E-state index in [4.69, 9.17) is 0 Å². The first-order chi connectivity index (χ1) is 9.87. The highest BCUT2D eigenvalue weighted by Crippen LogP contribution is 2.17. The molecule has 0 radical (unpaired) electrons. The number of nitrogens with zero attached hydrogens (tertiary/aromatic N) is 2. The fraction of sp³-hybridized carbons (Fsp3) is 0.0833. The maximum Gasteiger partial charge on any atom is 0.264 e. The summed E-state index contributed by atoms with van der Waals surface area (Å²) in [7, 11) is -3.77. The van der Waals surface area contributed by atoms with Gasteiger partial charge in [0, 0.05) is 25.0 Å². The van der Waals surface area contributed by atoms with E-state index in [0.717, 1.165) is 0 Å². The third-order valence-corrected chi connectivity index (χ3v) is 4.08. The lowest BCUT2D eigenvalue weighted by atomic mass is 10.3. The van der Waals surface area contributed by atoms with E-state index < -0.39 is 10.0 Å². The van der Waals surface area contributed by atoms with Crippen LogP contribution in [0.5, 0.6) is 0 Å². The average Bonchev–Trinajstić information content (AvgIpc) is 2.41. The number of hydrogen-bond donors (Lipinski definition) is 2. The molecule has 110 valence electrons. The number of amides is 1. The van der Waals surface area contributed by atoms with Gasteiger partial charge in [0.15, 0.2) is 0 Å². The minimum atomic E-state index is -3.77. The second-order valence-electron chi connectivity index (χ2n) is 4.04. The Balaban J connectivity index is 2.19. The van der Waals surface area contributed by atoms with Crippen molar-refractivity contribution in [2.24, 2.45) is 0 Å². The zero-order valence-electron chi connectivity index (χ0n) is 10.9. The van der Waals surface area contributed by atoms with Gasteiger partial charge in [0.1, 0.15) is 0 Å². The van der Waals surface area contributed by atoms with Crippen LogP contribution in [-0.2, 0) is 14.8 Å². The average molecular weight is 371 g/mol. The van der Waals surface area contributed by atoms with Gasteiger partial charge in [-0.3, -0.25) is 4.79 Å².